The average molecular weight is 459 g/mol. The molecule has 8 heteroatoms. The normalized spacial score (nSPS) is 30.2. The van der Waals surface area contributed by atoms with Gasteiger partial charge in [0.2, 0.25) is 5.91 Å². The van der Waals surface area contributed by atoms with E-state index >= 15 is 0 Å². The van der Waals surface area contributed by atoms with Crippen LogP contribution < -0.4 is 4.90 Å². The van der Waals surface area contributed by atoms with Gasteiger partial charge in [0.05, 0.1) is 11.5 Å². The van der Waals surface area contributed by atoms with Gasteiger partial charge in [-0.3, -0.25) is 4.79 Å². The molecule has 178 valence electrons. The summed E-state index contributed by atoms with van der Waals surface area (Å²) in [5, 5.41) is 19.4. The van der Waals surface area contributed by atoms with Gasteiger partial charge in [0.25, 0.3) is 0 Å². The fourth-order valence-corrected chi connectivity index (χ4v) is 5.89. The highest BCUT2D eigenvalue weighted by atomic mass is 19.1. The van der Waals surface area contributed by atoms with Crippen molar-refractivity contribution >= 4 is 11.7 Å². The molecule has 3 heterocycles. The summed E-state index contributed by atoms with van der Waals surface area (Å²) in [6, 6.07) is 7.13. The number of halogens is 2. The van der Waals surface area contributed by atoms with E-state index in [2.05, 4.69) is 10.2 Å². The number of rotatable bonds is 4. The SMILES string of the molecule is CC(C)C1(O)[C@H](C)CN(C(=O)[C@@H]2CN(c3cccnn3)C[C@H]2c2ccc(F)cc2F)C[C@@H]1C. The first-order valence-corrected chi connectivity index (χ1v) is 11.6. The van der Waals surface area contributed by atoms with E-state index in [1.165, 1.54) is 12.1 Å². The van der Waals surface area contributed by atoms with Crippen LogP contribution in [0.25, 0.3) is 0 Å². The van der Waals surface area contributed by atoms with E-state index in [4.69, 9.17) is 0 Å². The molecule has 2 aromatic rings. The lowest BCUT2D eigenvalue weighted by Gasteiger charge is -2.50. The zero-order valence-corrected chi connectivity index (χ0v) is 19.6. The zero-order chi connectivity index (χ0) is 23.9. The maximum atomic E-state index is 14.8. The third-order valence-corrected chi connectivity index (χ3v) is 7.69. The van der Waals surface area contributed by atoms with Gasteiger partial charge in [0.1, 0.15) is 11.6 Å². The Labute approximate surface area is 193 Å². The minimum Gasteiger partial charge on any atom is -0.389 e. The molecule has 5 atom stereocenters. The van der Waals surface area contributed by atoms with Gasteiger partial charge in [0.15, 0.2) is 5.82 Å². The number of anilines is 1. The summed E-state index contributed by atoms with van der Waals surface area (Å²) < 4.78 is 28.4. The summed E-state index contributed by atoms with van der Waals surface area (Å²) >= 11 is 0. The number of amides is 1. The van der Waals surface area contributed by atoms with Crippen molar-refractivity contribution in [3.05, 3.63) is 53.7 Å². The van der Waals surface area contributed by atoms with Gasteiger partial charge >= 0.3 is 0 Å². The predicted octanol–water partition coefficient (Wildman–Crippen LogP) is 3.48. The summed E-state index contributed by atoms with van der Waals surface area (Å²) in [7, 11) is 0. The third kappa shape index (κ3) is 4.21. The van der Waals surface area contributed by atoms with Crippen molar-refractivity contribution < 1.29 is 18.7 Å². The average Bonchev–Trinajstić information content (AvgIpc) is 3.22. The van der Waals surface area contributed by atoms with Crippen LogP contribution in [0.1, 0.15) is 39.2 Å². The van der Waals surface area contributed by atoms with Crippen molar-refractivity contribution in [1.29, 1.82) is 0 Å². The number of hydrogen-bond donors (Lipinski definition) is 1. The van der Waals surface area contributed by atoms with Gasteiger partial charge in [-0.15, -0.1) is 5.10 Å². The minimum absolute atomic E-state index is 0.0689. The molecule has 2 aliphatic heterocycles. The number of aromatic nitrogens is 2. The lowest BCUT2D eigenvalue weighted by molar-refractivity contribution is -0.159. The third-order valence-electron chi connectivity index (χ3n) is 7.69. The second kappa shape index (κ2) is 8.97. The van der Waals surface area contributed by atoms with Gasteiger partial charge < -0.3 is 14.9 Å². The first-order chi connectivity index (χ1) is 15.6. The molecule has 0 bridgehead atoms. The monoisotopic (exact) mass is 458 g/mol. The number of nitrogens with zero attached hydrogens (tertiary/aromatic N) is 4. The number of benzene rings is 1. The van der Waals surface area contributed by atoms with Crippen LogP contribution >= 0.6 is 0 Å². The van der Waals surface area contributed by atoms with Crippen LogP contribution in [0.4, 0.5) is 14.6 Å². The van der Waals surface area contributed by atoms with Crippen molar-refractivity contribution in [1.82, 2.24) is 15.1 Å². The van der Waals surface area contributed by atoms with Crippen LogP contribution in [0.3, 0.4) is 0 Å². The molecule has 0 aliphatic carbocycles. The van der Waals surface area contributed by atoms with E-state index in [-0.39, 0.29) is 23.7 Å². The Hall–Kier alpha value is -2.61. The standard InChI is InChI=1S/C25H32F2N4O2/c1-15(2)25(33)16(3)11-31(12-17(25)4)24(32)21-14-30(23-6-5-9-28-29-23)13-20(21)19-8-7-18(26)10-22(19)27/h5-10,15-17,20-21,33H,11-14H2,1-4H3/t16-,17+,20-,21+,25?/m0/s1. The topological polar surface area (TPSA) is 69.6 Å². The molecule has 1 N–H and O–H groups in total. The van der Waals surface area contributed by atoms with Gasteiger partial charge in [-0.25, -0.2) is 8.78 Å². The molecule has 1 aromatic heterocycles. The number of aliphatic hydroxyl groups is 1. The van der Waals surface area contributed by atoms with Gasteiger partial charge in [0, 0.05) is 56.2 Å². The second-order valence-corrected chi connectivity index (χ2v) is 9.95. The molecule has 0 saturated carbocycles. The van der Waals surface area contributed by atoms with Crippen molar-refractivity contribution in [3.63, 3.8) is 0 Å². The quantitative estimate of drug-likeness (QED) is 0.760. The summed E-state index contributed by atoms with van der Waals surface area (Å²) in [4.78, 5) is 17.5. The van der Waals surface area contributed by atoms with Crippen LogP contribution in [-0.2, 0) is 4.79 Å². The van der Waals surface area contributed by atoms with E-state index in [0.717, 1.165) is 6.07 Å². The number of piperidine rings is 1. The maximum Gasteiger partial charge on any atom is 0.228 e. The predicted molar refractivity (Wildman–Crippen MR) is 122 cm³/mol. The van der Waals surface area contributed by atoms with E-state index in [9.17, 15) is 18.7 Å². The molecule has 1 aromatic carbocycles. The van der Waals surface area contributed by atoms with E-state index < -0.39 is 29.1 Å². The highest BCUT2D eigenvalue weighted by Crippen LogP contribution is 2.41. The molecule has 33 heavy (non-hydrogen) atoms. The Morgan fingerprint density at radius 3 is 2.39 bits per heavy atom. The molecule has 4 rings (SSSR count). The Morgan fingerprint density at radius 2 is 1.82 bits per heavy atom. The van der Waals surface area contributed by atoms with Crippen LogP contribution in [0.2, 0.25) is 0 Å². The van der Waals surface area contributed by atoms with Crippen molar-refractivity contribution in [2.75, 3.05) is 31.1 Å². The maximum absolute atomic E-state index is 14.8. The zero-order valence-electron chi connectivity index (χ0n) is 19.6. The molecule has 1 amide bonds. The molecule has 2 saturated heterocycles. The lowest BCUT2D eigenvalue weighted by Crippen LogP contribution is -2.61. The Kier molecular flexibility index (Phi) is 6.40. The lowest BCUT2D eigenvalue weighted by atomic mass is 9.68. The van der Waals surface area contributed by atoms with Gasteiger partial charge in [-0.2, -0.15) is 5.10 Å². The number of likely N-dealkylation sites (tertiary alicyclic amines) is 1. The molecule has 6 nitrogen and oxygen atoms in total. The van der Waals surface area contributed by atoms with E-state index in [1.807, 2.05) is 43.6 Å². The van der Waals surface area contributed by atoms with Crippen LogP contribution in [0, 0.1) is 35.3 Å². The smallest absolute Gasteiger partial charge is 0.228 e. The molecule has 0 spiro atoms. The molecule has 1 unspecified atom stereocenters. The first-order valence-electron chi connectivity index (χ1n) is 11.6. The van der Waals surface area contributed by atoms with Crippen molar-refractivity contribution in [2.24, 2.45) is 23.7 Å². The van der Waals surface area contributed by atoms with E-state index in [0.29, 0.717) is 37.6 Å². The fourth-order valence-electron chi connectivity index (χ4n) is 5.89. The van der Waals surface area contributed by atoms with Crippen LogP contribution in [-0.4, -0.2) is 57.9 Å². The highest BCUT2D eigenvalue weighted by molar-refractivity contribution is 5.82. The highest BCUT2D eigenvalue weighted by Gasteiger charge is 2.50. The Morgan fingerprint density at radius 1 is 1.12 bits per heavy atom. The molecule has 2 aliphatic rings. The summed E-state index contributed by atoms with van der Waals surface area (Å²) in [5.74, 6) is -1.82. The Bertz CT molecular complexity index is 991. The number of carbonyl (C=O) groups excluding carboxylic acids is 1. The molecule has 0 radical (unpaired) electrons. The summed E-state index contributed by atoms with van der Waals surface area (Å²) in [6.07, 6.45) is 1.58. The first kappa shape index (κ1) is 23.5. The van der Waals surface area contributed by atoms with Gasteiger partial charge in [-0.1, -0.05) is 33.8 Å². The summed E-state index contributed by atoms with van der Waals surface area (Å²) in [5.41, 5.74) is -0.515. The van der Waals surface area contributed by atoms with Gasteiger partial charge in [-0.05, 0) is 29.7 Å². The van der Waals surface area contributed by atoms with Crippen molar-refractivity contribution in [2.45, 2.75) is 39.2 Å². The largest absolute Gasteiger partial charge is 0.389 e. The van der Waals surface area contributed by atoms with Crippen LogP contribution in [0.15, 0.2) is 36.5 Å². The number of carbonyl (C=O) groups is 1. The summed E-state index contributed by atoms with van der Waals surface area (Å²) in [6.45, 7) is 9.61. The Balaban J connectivity index is 1.63. The van der Waals surface area contributed by atoms with Crippen LogP contribution in [0.5, 0.6) is 0 Å². The molecular formula is C25H32F2N4O2. The minimum atomic E-state index is -0.847. The van der Waals surface area contributed by atoms with Crippen molar-refractivity contribution in [3.8, 4) is 0 Å². The number of hydrogen-bond acceptors (Lipinski definition) is 5. The second-order valence-electron chi connectivity index (χ2n) is 9.95. The molecule has 2 fully saturated rings. The fraction of sp³-hybridized carbons (Fsp3) is 0.560. The van der Waals surface area contributed by atoms with E-state index in [1.54, 1.807) is 12.3 Å². The molecular weight excluding hydrogens is 426 g/mol.